The van der Waals surface area contributed by atoms with Crippen LogP contribution in [0.25, 0.3) is 33.4 Å². The summed E-state index contributed by atoms with van der Waals surface area (Å²) in [5.74, 6) is -3.50. The van der Waals surface area contributed by atoms with Crippen molar-refractivity contribution in [1.82, 2.24) is 29.7 Å². The molecule has 1 N–H and O–H groups in total. The summed E-state index contributed by atoms with van der Waals surface area (Å²) in [7, 11) is -3.01. The highest BCUT2D eigenvalue weighted by Gasteiger charge is 2.33. The Hall–Kier alpha value is -6.51. The van der Waals surface area contributed by atoms with E-state index in [2.05, 4.69) is 78.9 Å². The van der Waals surface area contributed by atoms with Crippen molar-refractivity contribution >= 4 is 68.1 Å². The van der Waals surface area contributed by atoms with Crippen LogP contribution in [0, 0.1) is 0 Å². The second-order valence-electron chi connectivity index (χ2n) is 19.2. The molecule has 20 heteroatoms. The zero-order chi connectivity index (χ0) is 54.2. The number of benzene rings is 3. The second kappa shape index (κ2) is 27.3. The highest BCUT2D eigenvalue weighted by Crippen LogP contribution is 2.42. The summed E-state index contributed by atoms with van der Waals surface area (Å²) in [6, 6.07) is 18.6. The summed E-state index contributed by atoms with van der Waals surface area (Å²) in [4.78, 5) is 102. The van der Waals surface area contributed by atoms with E-state index in [9.17, 15) is 46.5 Å². The van der Waals surface area contributed by atoms with Crippen molar-refractivity contribution < 1.29 is 55.8 Å². The van der Waals surface area contributed by atoms with Gasteiger partial charge in [0.1, 0.15) is 30.5 Å². The van der Waals surface area contributed by atoms with Gasteiger partial charge in [-0.05, 0) is 110 Å². The third kappa shape index (κ3) is 15.8. The lowest BCUT2D eigenvalue weighted by Gasteiger charge is -2.35. The molecule has 3 heterocycles. The Morgan fingerprint density at radius 2 is 1.41 bits per heavy atom. The normalized spacial score (nSPS) is 14.5. The predicted octanol–water partition coefficient (Wildman–Crippen LogP) is 5.19. The molecule has 5 amide bonds. The van der Waals surface area contributed by atoms with E-state index in [4.69, 9.17) is 9.25 Å². The van der Waals surface area contributed by atoms with Gasteiger partial charge in [-0.25, -0.2) is 17.8 Å². The molecule has 1 aliphatic carbocycles. The number of imide groups is 1. The van der Waals surface area contributed by atoms with Gasteiger partial charge in [-0.1, -0.05) is 24.6 Å². The highest BCUT2D eigenvalue weighted by atomic mass is 32.2. The van der Waals surface area contributed by atoms with E-state index in [1.807, 2.05) is 36.2 Å². The minimum atomic E-state index is -4.85. The topological polar surface area (TPSA) is 230 Å². The van der Waals surface area contributed by atoms with Crippen molar-refractivity contribution in [3.63, 3.8) is 0 Å². The molecule has 75 heavy (non-hydrogen) atoms. The number of carbonyl (C=O) groups excluding carboxylic acids is 7. The minimum Gasteiger partial charge on any atom is -0.748 e. The summed E-state index contributed by atoms with van der Waals surface area (Å²) in [6.45, 7) is 14.3. The molecule has 1 atom stereocenters. The SMILES string of the molecule is CCN(CC)c1ccc2c(-c3ccccc3C(=O)N3CCN(C(=O)CCCCC(=O)NC(CS(=O)(=O)[O-])C(=O)CCCN(C)CCCCCC(=O)ON4C(=O)CCC4=O)CC3)c3ccc(=[N+](CC)CC)cc-3oc2c1. The molecule has 0 radical (unpaired) electrons. The molecular formula is C55H73N7O12S. The van der Waals surface area contributed by atoms with E-state index >= 15 is 0 Å². The molecular weight excluding hydrogens is 983 g/mol. The fourth-order valence-corrected chi connectivity index (χ4v) is 10.5. The van der Waals surface area contributed by atoms with Crippen molar-refractivity contribution in [2.75, 3.05) is 83.1 Å². The Balaban J connectivity index is 0.968. The first-order chi connectivity index (χ1) is 35.9. The summed E-state index contributed by atoms with van der Waals surface area (Å²) in [5, 5.41) is 4.90. The van der Waals surface area contributed by atoms with Crippen LogP contribution in [0.5, 0.6) is 0 Å². The molecule has 1 unspecified atom stereocenters. The van der Waals surface area contributed by atoms with Gasteiger partial charge in [0.15, 0.2) is 5.78 Å². The van der Waals surface area contributed by atoms with Crippen molar-refractivity contribution in [3.05, 3.63) is 71.6 Å². The molecule has 19 nitrogen and oxygen atoms in total. The number of amides is 5. The number of unbranched alkanes of at least 4 members (excludes halogenated alkanes) is 3. The Labute approximate surface area is 439 Å². The lowest BCUT2D eigenvalue weighted by Crippen LogP contribution is -2.50. The Morgan fingerprint density at radius 1 is 0.760 bits per heavy atom. The molecule has 0 bridgehead atoms. The van der Waals surface area contributed by atoms with Gasteiger partial charge in [0.2, 0.25) is 17.2 Å². The van der Waals surface area contributed by atoms with Gasteiger partial charge in [-0.3, -0.25) is 28.8 Å². The third-order valence-electron chi connectivity index (χ3n) is 14.0. The first kappa shape index (κ1) is 57.8. The number of hydroxylamine groups is 2. The van der Waals surface area contributed by atoms with Crippen molar-refractivity contribution in [1.29, 1.82) is 0 Å². The lowest BCUT2D eigenvalue weighted by atomic mass is 9.90. The van der Waals surface area contributed by atoms with Crippen molar-refractivity contribution in [2.45, 2.75) is 111 Å². The number of fused-ring (bicyclic) bond motifs is 2. The lowest BCUT2D eigenvalue weighted by molar-refractivity contribution is -0.197. The fraction of sp³-hybridized carbons (Fsp3) is 0.527. The molecule has 0 saturated carbocycles. The number of piperazine rings is 1. The zero-order valence-electron chi connectivity index (χ0n) is 44.1. The number of anilines is 1. The molecule has 6 rings (SSSR count). The van der Waals surface area contributed by atoms with E-state index in [-0.39, 0.29) is 56.8 Å². The number of Topliss-reactive ketones (excluding diaryl/α,β-unsaturated/α-hetero) is 1. The van der Waals surface area contributed by atoms with Crippen LogP contribution in [-0.4, -0.2) is 158 Å². The first-order valence-electron chi connectivity index (χ1n) is 26.5. The maximum Gasteiger partial charge on any atom is 0.333 e. The average Bonchev–Trinajstić information content (AvgIpc) is 3.71. The highest BCUT2D eigenvalue weighted by molar-refractivity contribution is 7.85. The van der Waals surface area contributed by atoms with Crippen LogP contribution in [-0.2, 0) is 43.7 Å². The molecule has 0 spiro atoms. The number of carbonyl (C=O) groups is 7. The van der Waals surface area contributed by atoms with E-state index in [0.29, 0.717) is 82.0 Å². The molecule has 2 aromatic rings. The number of hydrogen-bond acceptors (Lipinski definition) is 14. The van der Waals surface area contributed by atoms with Gasteiger partial charge in [0.05, 0.1) is 21.9 Å². The maximum absolute atomic E-state index is 14.5. The van der Waals surface area contributed by atoms with Crippen molar-refractivity contribution in [3.8, 4) is 22.5 Å². The first-order valence-corrected chi connectivity index (χ1v) is 28.0. The van der Waals surface area contributed by atoms with Crippen LogP contribution in [0.15, 0.2) is 65.1 Å². The number of ketones is 1. The number of nitrogens with one attached hydrogen (secondary N) is 1. The Bertz CT molecular complexity index is 2830. The minimum absolute atomic E-state index is 0.0244. The number of hydrogen-bond donors (Lipinski definition) is 1. The second-order valence-corrected chi connectivity index (χ2v) is 20.6. The van der Waals surface area contributed by atoms with Crippen LogP contribution in [0.2, 0.25) is 0 Å². The van der Waals surface area contributed by atoms with Gasteiger partial charge in [0, 0.05) is 118 Å². The summed E-state index contributed by atoms with van der Waals surface area (Å²) in [5.41, 5.74) is 4.91. The molecule has 2 saturated heterocycles. The van der Waals surface area contributed by atoms with E-state index in [1.54, 1.807) is 9.80 Å². The molecule has 3 aliphatic heterocycles. The average molecular weight is 1060 g/mol. The van der Waals surface area contributed by atoms with Crippen LogP contribution >= 0.6 is 0 Å². The zero-order valence-corrected chi connectivity index (χ0v) is 44.9. The van der Waals surface area contributed by atoms with Gasteiger partial charge < -0.3 is 38.7 Å². The molecule has 2 aromatic carbocycles. The summed E-state index contributed by atoms with van der Waals surface area (Å²) in [6.07, 6.45) is 2.94. The molecule has 0 aromatic heterocycles. The number of rotatable bonds is 27. The van der Waals surface area contributed by atoms with Crippen LogP contribution in [0.4, 0.5) is 5.69 Å². The van der Waals surface area contributed by atoms with Gasteiger partial charge in [-0.2, -0.15) is 0 Å². The quantitative estimate of drug-likeness (QED) is 0.0267. The largest absolute Gasteiger partial charge is 0.748 e. The Kier molecular flexibility index (Phi) is 21.0. The van der Waals surface area contributed by atoms with Crippen LogP contribution in [0.3, 0.4) is 0 Å². The standard InChI is InChI=1S/C55H73N7O12S/c1-6-58(7-2)39-24-26-43-47(36-39)73-48-37-40(59(8-3)9-4)25-27-44(48)54(43)41-18-12-13-19-42(41)55(69)61-34-32-60(33-35-61)50(65)22-15-14-21-49(64)56-45(38-75(70,71)72)46(63)20-17-31-57(5)30-16-10-11-23-53(68)74-62-51(66)28-29-52(62)67/h12-13,18-19,24-27,36-37,45H,6-11,14-17,20-23,28-35,38H2,1-5H3,(H-,56,64,70,71,72). The molecule has 4 aliphatic rings. The Morgan fingerprint density at radius 3 is 2.09 bits per heavy atom. The van der Waals surface area contributed by atoms with Crippen LogP contribution < -0.4 is 20.1 Å². The van der Waals surface area contributed by atoms with E-state index in [1.165, 1.54) is 0 Å². The van der Waals surface area contributed by atoms with Gasteiger partial charge in [-0.15, -0.1) is 5.06 Å². The maximum atomic E-state index is 14.5. The van der Waals surface area contributed by atoms with Crippen LogP contribution in [0.1, 0.15) is 115 Å². The van der Waals surface area contributed by atoms with E-state index < -0.39 is 51.4 Å². The van der Waals surface area contributed by atoms with Gasteiger partial charge >= 0.3 is 5.97 Å². The predicted molar refractivity (Wildman–Crippen MR) is 283 cm³/mol. The van der Waals surface area contributed by atoms with Gasteiger partial charge in [0.25, 0.3) is 17.7 Å². The monoisotopic (exact) mass is 1060 g/mol. The smallest absolute Gasteiger partial charge is 0.333 e. The van der Waals surface area contributed by atoms with E-state index in [0.717, 1.165) is 70.6 Å². The summed E-state index contributed by atoms with van der Waals surface area (Å²) >= 11 is 0. The summed E-state index contributed by atoms with van der Waals surface area (Å²) < 4.78 is 44.1. The third-order valence-corrected chi connectivity index (χ3v) is 14.8. The van der Waals surface area contributed by atoms with Crippen molar-refractivity contribution in [2.24, 2.45) is 0 Å². The number of nitrogens with zero attached hydrogens (tertiary/aromatic N) is 6. The molecule has 406 valence electrons. The molecule has 2 fully saturated rings. The fourth-order valence-electron chi connectivity index (χ4n) is 9.79.